The molecule has 0 amide bonds. The molecule has 1 heterocycles. The van der Waals surface area contributed by atoms with Crippen LogP contribution in [-0.4, -0.2) is 27.8 Å². The standard InChI is InChI=1S/C24H27N3O3/c1-2-3-7-21(19-8-5-4-6-9-19)16-22-26-27-24(30-22)20-12-10-18(11-13-20)17-25-15-14-23(28)29/h4-6,8-13,16,25H,2-3,7,14-15,17H2,1H3,(H,28,29). The van der Waals surface area contributed by atoms with Gasteiger partial charge in [-0.05, 0) is 41.7 Å². The van der Waals surface area contributed by atoms with Crippen molar-refractivity contribution in [3.8, 4) is 11.5 Å². The first-order valence-electron chi connectivity index (χ1n) is 10.3. The Bertz CT molecular complexity index is 963. The molecule has 0 spiro atoms. The van der Waals surface area contributed by atoms with Crippen molar-refractivity contribution in [2.45, 2.75) is 39.2 Å². The van der Waals surface area contributed by atoms with Gasteiger partial charge < -0.3 is 14.8 Å². The number of hydrogen-bond acceptors (Lipinski definition) is 5. The maximum absolute atomic E-state index is 10.5. The summed E-state index contributed by atoms with van der Waals surface area (Å²) in [6.07, 6.45) is 5.27. The molecule has 0 unspecified atom stereocenters. The van der Waals surface area contributed by atoms with Crippen molar-refractivity contribution in [1.82, 2.24) is 15.5 Å². The Hall–Kier alpha value is -3.25. The predicted molar refractivity (Wildman–Crippen MR) is 118 cm³/mol. The van der Waals surface area contributed by atoms with Crippen LogP contribution in [0.5, 0.6) is 0 Å². The molecule has 3 rings (SSSR count). The first-order valence-corrected chi connectivity index (χ1v) is 10.3. The fourth-order valence-electron chi connectivity index (χ4n) is 3.07. The molecule has 0 atom stereocenters. The fraction of sp³-hybridized carbons (Fsp3) is 0.292. The molecule has 0 aliphatic heterocycles. The molecule has 0 aliphatic rings. The van der Waals surface area contributed by atoms with Crippen LogP contribution < -0.4 is 5.32 Å². The third-order valence-corrected chi connectivity index (χ3v) is 4.73. The highest BCUT2D eigenvalue weighted by atomic mass is 16.4. The van der Waals surface area contributed by atoms with Gasteiger partial charge >= 0.3 is 5.97 Å². The lowest BCUT2D eigenvalue weighted by Crippen LogP contribution is -2.17. The maximum Gasteiger partial charge on any atom is 0.304 e. The van der Waals surface area contributed by atoms with Gasteiger partial charge in [-0.1, -0.05) is 55.8 Å². The van der Waals surface area contributed by atoms with Crippen molar-refractivity contribution in [2.24, 2.45) is 0 Å². The minimum atomic E-state index is -0.802. The molecule has 0 saturated carbocycles. The highest BCUT2D eigenvalue weighted by molar-refractivity contribution is 5.79. The van der Waals surface area contributed by atoms with Crippen molar-refractivity contribution in [1.29, 1.82) is 0 Å². The van der Waals surface area contributed by atoms with E-state index < -0.39 is 5.97 Å². The minimum absolute atomic E-state index is 0.111. The third-order valence-electron chi connectivity index (χ3n) is 4.73. The number of aromatic nitrogens is 2. The van der Waals surface area contributed by atoms with Gasteiger partial charge in [0.25, 0.3) is 0 Å². The van der Waals surface area contributed by atoms with E-state index in [9.17, 15) is 4.79 Å². The largest absolute Gasteiger partial charge is 0.481 e. The van der Waals surface area contributed by atoms with E-state index in [4.69, 9.17) is 9.52 Å². The van der Waals surface area contributed by atoms with Crippen LogP contribution in [0.15, 0.2) is 59.0 Å². The summed E-state index contributed by atoms with van der Waals surface area (Å²) in [5.41, 5.74) is 4.28. The second kappa shape index (κ2) is 11.1. The molecule has 0 radical (unpaired) electrons. The maximum atomic E-state index is 10.5. The molecule has 156 valence electrons. The summed E-state index contributed by atoms with van der Waals surface area (Å²) in [5, 5.41) is 20.2. The normalized spacial score (nSPS) is 11.6. The van der Waals surface area contributed by atoms with E-state index in [0.717, 1.165) is 30.4 Å². The Kier molecular flexibility index (Phi) is 7.92. The van der Waals surface area contributed by atoms with E-state index in [1.165, 1.54) is 11.1 Å². The zero-order valence-corrected chi connectivity index (χ0v) is 17.2. The van der Waals surface area contributed by atoms with Gasteiger partial charge in [-0.3, -0.25) is 4.79 Å². The van der Waals surface area contributed by atoms with Crippen LogP contribution in [0.4, 0.5) is 0 Å². The van der Waals surface area contributed by atoms with Gasteiger partial charge in [0.2, 0.25) is 11.8 Å². The lowest BCUT2D eigenvalue weighted by molar-refractivity contribution is -0.136. The van der Waals surface area contributed by atoms with Gasteiger partial charge in [0.05, 0.1) is 6.42 Å². The first-order chi connectivity index (χ1) is 14.7. The molecule has 0 saturated heterocycles. The highest BCUT2D eigenvalue weighted by Gasteiger charge is 2.09. The van der Waals surface area contributed by atoms with Crippen molar-refractivity contribution in [3.63, 3.8) is 0 Å². The average Bonchev–Trinajstić information content (AvgIpc) is 3.24. The zero-order valence-electron chi connectivity index (χ0n) is 17.2. The number of unbranched alkanes of at least 4 members (excludes halogenated alkanes) is 1. The molecule has 2 N–H and O–H groups in total. The number of aliphatic carboxylic acids is 1. The summed E-state index contributed by atoms with van der Waals surface area (Å²) < 4.78 is 5.89. The van der Waals surface area contributed by atoms with Crippen LogP contribution in [0.2, 0.25) is 0 Å². The Morgan fingerprint density at radius 3 is 2.53 bits per heavy atom. The fourth-order valence-corrected chi connectivity index (χ4v) is 3.07. The molecule has 3 aromatic rings. The molecule has 30 heavy (non-hydrogen) atoms. The number of nitrogens with one attached hydrogen (secondary N) is 1. The smallest absolute Gasteiger partial charge is 0.304 e. The van der Waals surface area contributed by atoms with Crippen molar-refractivity contribution >= 4 is 17.6 Å². The molecule has 6 nitrogen and oxygen atoms in total. The SMILES string of the molecule is CCCCC(=Cc1nnc(-c2ccc(CNCCC(=O)O)cc2)o1)c1ccccc1. The average molecular weight is 405 g/mol. The monoisotopic (exact) mass is 405 g/mol. The van der Waals surface area contributed by atoms with E-state index in [0.29, 0.717) is 24.9 Å². The number of carbonyl (C=O) groups is 1. The zero-order chi connectivity index (χ0) is 21.2. The minimum Gasteiger partial charge on any atom is -0.481 e. The molecule has 6 heteroatoms. The number of allylic oxidation sites excluding steroid dienone is 1. The van der Waals surface area contributed by atoms with Crippen molar-refractivity contribution in [2.75, 3.05) is 6.54 Å². The summed E-state index contributed by atoms with van der Waals surface area (Å²) in [4.78, 5) is 10.5. The molecule has 0 fully saturated rings. The lowest BCUT2D eigenvalue weighted by Gasteiger charge is -2.06. The molecule has 0 aliphatic carbocycles. The van der Waals surface area contributed by atoms with Gasteiger partial charge in [0.15, 0.2) is 0 Å². The summed E-state index contributed by atoms with van der Waals surface area (Å²) >= 11 is 0. The Morgan fingerprint density at radius 2 is 1.83 bits per heavy atom. The Balaban J connectivity index is 1.68. The van der Waals surface area contributed by atoms with E-state index in [2.05, 4.69) is 34.6 Å². The molecular weight excluding hydrogens is 378 g/mol. The second-order valence-electron chi connectivity index (χ2n) is 7.10. The number of benzene rings is 2. The number of carboxylic acid groups (broad SMARTS) is 1. The molecule has 0 bridgehead atoms. The number of hydrogen-bond donors (Lipinski definition) is 2. The van der Waals surface area contributed by atoms with Gasteiger partial charge in [-0.15, -0.1) is 10.2 Å². The Morgan fingerprint density at radius 1 is 1.07 bits per heavy atom. The van der Waals surface area contributed by atoms with Gasteiger partial charge in [-0.25, -0.2) is 0 Å². The first kappa shape index (κ1) is 21.5. The summed E-state index contributed by atoms with van der Waals surface area (Å²) in [5.74, 6) is 0.179. The van der Waals surface area contributed by atoms with Crippen LogP contribution >= 0.6 is 0 Å². The van der Waals surface area contributed by atoms with Crippen LogP contribution in [0.3, 0.4) is 0 Å². The number of carboxylic acids is 1. The number of nitrogens with zero attached hydrogens (tertiary/aromatic N) is 2. The van der Waals surface area contributed by atoms with Crippen LogP contribution in [0, 0.1) is 0 Å². The van der Waals surface area contributed by atoms with E-state index in [1.807, 2.05) is 48.5 Å². The van der Waals surface area contributed by atoms with Crippen LogP contribution in [0.25, 0.3) is 23.1 Å². The Labute approximate surface area is 176 Å². The number of rotatable bonds is 11. The molecular formula is C24H27N3O3. The van der Waals surface area contributed by atoms with Crippen LogP contribution in [-0.2, 0) is 11.3 Å². The van der Waals surface area contributed by atoms with Gasteiger partial charge in [0, 0.05) is 24.7 Å². The summed E-state index contributed by atoms with van der Waals surface area (Å²) in [6.45, 7) is 3.24. The van der Waals surface area contributed by atoms with E-state index in [1.54, 1.807) is 0 Å². The van der Waals surface area contributed by atoms with E-state index >= 15 is 0 Å². The summed E-state index contributed by atoms with van der Waals surface area (Å²) in [6, 6.07) is 18.1. The van der Waals surface area contributed by atoms with Crippen LogP contribution in [0.1, 0.15) is 49.6 Å². The van der Waals surface area contributed by atoms with Crippen molar-refractivity contribution in [3.05, 3.63) is 71.6 Å². The van der Waals surface area contributed by atoms with Crippen molar-refractivity contribution < 1.29 is 14.3 Å². The third kappa shape index (κ3) is 6.39. The van der Waals surface area contributed by atoms with E-state index in [-0.39, 0.29) is 6.42 Å². The summed E-state index contributed by atoms with van der Waals surface area (Å²) in [7, 11) is 0. The second-order valence-corrected chi connectivity index (χ2v) is 7.10. The predicted octanol–water partition coefficient (Wildman–Crippen LogP) is 5.03. The molecule has 2 aromatic carbocycles. The van der Waals surface area contributed by atoms with Gasteiger partial charge in [-0.2, -0.15) is 0 Å². The molecule has 1 aromatic heterocycles. The quantitative estimate of drug-likeness (QED) is 0.435. The lowest BCUT2D eigenvalue weighted by atomic mass is 10.00. The topological polar surface area (TPSA) is 88.2 Å². The van der Waals surface area contributed by atoms with Gasteiger partial charge in [0.1, 0.15) is 0 Å². The highest BCUT2D eigenvalue weighted by Crippen LogP contribution is 2.25.